The van der Waals surface area contributed by atoms with E-state index in [4.69, 9.17) is 17.0 Å². The molecule has 6 nitrogen and oxygen atoms in total. The molecule has 0 saturated carbocycles. The Hall–Kier alpha value is -2.93. The van der Waals surface area contributed by atoms with Crippen LogP contribution in [0.3, 0.4) is 0 Å². The van der Waals surface area contributed by atoms with E-state index in [1.807, 2.05) is 37.3 Å². The van der Waals surface area contributed by atoms with Crippen molar-refractivity contribution in [1.82, 2.24) is 10.6 Å². The highest BCUT2D eigenvalue weighted by atomic mass is 32.1. The lowest BCUT2D eigenvalue weighted by atomic mass is 10.1. The summed E-state index contributed by atoms with van der Waals surface area (Å²) >= 11 is 5.24. The quantitative estimate of drug-likeness (QED) is 0.594. The first-order valence-electron chi connectivity index (χ1n) is 9.17. The van der Waals surface area contributed by atoms with Gasteiger partial charge in [-0.15, -0.1) is 0 Å². The predicted molar refractivity (Wildman–Crippen MR) is 115 cm³/mol. The summed E-state index contributed by atoms with van der Waals surface area (Å²) in [5, 5.41) is 8.46. The lowest BCUT2D eigenvalue weighted by Gasteiger charge is -2.13. The van der Waals surface area contributed by atoms with Gasteiger partial charge < -0.3 is 15.4 Å². The van der Waals surface area contributed by atoms with Crippen LogP contribution in [0.5, 0.6) is 5.75 Å². The Bertz CT molecular complexity index is 822. The van der Waals surface area contributed by atoms with Crippen LogP contribution in [0, 0.1) is 0 Å². The van der Waals surface area contributed by atoms with Gasteiger partial charge in [-0.3, -0.25) is 14.9 Å². The molecule has 2 aromatic carbocycles. The fourth-order valence-corrected chi connectivity index (χ4v) is 2.67. The smallest absolute Gasteiger partial charge is 0.261 e. The maximum absolute atomic E-state index is 12.5. The highest BCUT2D eigenvalue weighted by Crippen LogP contribution is 2.18. The standard InChI is InChI=1S/C21H25N3O3S/c1-3-14-27-18-7-5-4-6-17(18)20(26)24-21(28)23-16-11-8-15(9-12-16)10-13-19(25)22-2/h4-9,11-12H,3,10,13-14H2,1-2H3,(H,22,25)(H2,23,24,26,28). The van der Waals surface area contributed by atoms with Gasteiger partial charge in [0.25, 0.3) is 5.91 Å². The average Bonchev–Trinajstić information content (AvgIpc) is 2.71. The number of aryl methyl sites for hydroxylation is 1. The summed E-state index contributed by atoms with van der Waals surface area (Å²) in [7, 11) is 1.62. The second kappa shape index (κ2) is 11.0. The molecule has 3 N–H and O–H groups in total. The molecular formula is C21H25N3O3S. The van der Waals surface area contributed by atoms with E-state index in [-0.39, 0.29) is 16.9 Å². The maximum atomic E-state index is 12.5. The molecule has 148 valence electrons. The second-order valence-corrected chi connectivity index (χ2v) is 6.53. The number of amides is 2. The third-order valence-electron chi connectivity index (χ3n) is 3.95. The molecule has 0 radical (unpaired) electrons. The second-order valence-electron chi connectivity index (χ2n) is 6.12. The molecule has 0 saturated heterocycles. The Morgan fingerprint density at radius 3 is 2.46 bits per heavy atom. The summed E-state index contributed by atoms with van der Waals surface area (Å²) in [4.78, 5) is 23.8. The molecule has 0 aliphatic heterocycles. The first-order valence-corrected chi connectivity index (χ1v) is 9.58. The predicted octanol–water partition coefficient (Wildman–Crippen LogP) is 3.28. The fourth-order valence-electron chi connectivity index (χ4n) is 2.46. The number of ether oxygens (including phenoxy) is 1. The molecule has 0 spiro atoms. The first-order chi connectivity index (χ1) is 13.5. The van der Waals surface area contributed by atoms with E-state index in [2.05, 4.69) is 16.0 Å². The molecule has 28 heavy (non-hydrogen) atoms. The van der Waals surface area contributed by atoms with Crippen molar-refractivity contribution < 1.29 is 14.3 Å². The normalized spacial score (nSPS) is 10.1. The highest BCUT2D eigenvalue weighted by molar-refractivity contribution is 7.80. The summed E-state index contributed by atoms with van der Waals surface area (Å²) in [5.41, 5.74) is 2.24. The number of benzene rings is 2. The fraction of sp³-hybridized carbons (Fsp3) is 0.286. The molecule has 0 atom stereocenters. The summed E-state index contributed by atoms with van der Waals surface area (Å²) in [6, 6.07) is 14.6. The third kappa shape index (κ3) is 6.66. The van der Waals surface area contributed by atoms with Gasteiger partial charge >= 0.3 is 0 Å². The molecule has 0 aromatic heterocycles. The van der Waals surface area contributed by atoms with E-state index in [1.165, 1.54) is 0 Å². The number of carbonyl (C=O) groups is 2. The van der Waals surface area contributed by atoms with Gasteiger partial charge in [-0.1, -0.05) is 31.2 Å². The van der Waals surface area contributed by atoms with Crippen molar-refractivity contribution in [1.29, 1.82) is 0 Å². The maximum Gasteiger partial charge on any atom is 0.261 e. The summed E-state index contributed by atoms with van der Waals surface area (Å²) in [5.74, 6) is 0.214. The molecule has 2 amide bonds. The highest BCUT2D eigenvalue weighted by Gasteiger charge is 2.13. The Morgan fingerprint density at radius 1 is 1.07 bits per heavy atom. The zero-order valence-corrected chi connectivity index (χ0v) is 16.9. The van der Waals surface area contributed by atoms with Crippen LogP contribution in [0.1, 0.15) is 35.7 Å². The van der Waals surface area contributed by atoms with Crippen molar-refractivity contribution in [3.05, 3.63) is 59.7 Å². The number of nitrogens with one attached hydrogen (secondary N) is 3. The minimum absolute atomic E-state index is 0.00860. The van der Waals surface area contributed by atoms with Crippen molar-refractivity contribution in [2.75, 3.05) is 19.0 Å². The number of hydrogen-bond donors (Lipinski definition) is 3. The molecule has 7 heteroatoms. The first kappa shape index (κ1) is 21.4. The van der Waals surface area contributed by atoms with Crippen molar-refractivity contribution in [2.24, 2.45) is 0 Å². The topological polar surface area (TPSA) is 79.5 Å². The lowest BCUT2D eigenvalue weighted by Crippen LogP contribution is -2.34. The van der Waals surface area contributed by atoms with Crippen molar-refractivity contribution >= 4 is 34.8 Å². The van der Waals surface area contributed by atoms with Crippen molar-refractivity contribution in [2.45, 2.75) is 26.2 Å². The minimum Gasteiger partial charge on any atom is -0.493 e. The van der Waals surface area contributed by atoms with Gasteiger partial charge in [0, 0.05) is 19.2 Å². The van der Waals surface area contributed by atoms with Gasteiger partial charge in [0.2, 0.25) is 5.91 Å². The number of anilines is 1. The summed E-state index contributed by atoms with van der Waals surface area (Å²) in [6.45, 7) is 2.55. The van der Waals surface area contributed by atoms with Gasteiger partial charge in [-0.2, -0.15) is 0 Å². The van der Waals surface area contributed by atoms with Crippen LogP contribution in [0.15, 0.2) is 48.5 Å². The van der Waals surface area contributed by atoms with Crippen LogP contribution < -0.4 is 20.7 Å². The Labute approximate surface area is 170 Å². The lowest BCUT2D eigenvalue weighted by molar-refractivity contribution is -0.120. The molecular weight excluding hydrogens is 374 g/mol. The molecule has 0 aliphatic rings. The van der Waals surface area contributed by atoms with Crippen molar-refractivity contribution in [3.8, 4) is 5.75 Å². The van der Waals surface area contributed by atoms with Gasteiger partial charge in [0.1, 0.15) is 5.75 Å². The van der Waals surface area contributed by atoms with E-state index in [0.29, 0.717) is 30.8 Å². The van der Waals surface area contributed by atoms with E-state index < -0.39 is 0 Å². The Balaban J connectivity index is 1.91. The van der Waals surface area contributed by atoms with E-state index in [1.54, 1.807) is 25.2 Å². The van der Waals surface area contributed by atoms with Crippen LogP contribution in [0.4, 0.5) is 5.69 Å². The molecule has 0 unspecified atom stereocenters. The molecule has 2 aromatic rings. The molecule has 0 heterocycles. The number of hydrogen-bond acceptors (Lipinski definition) is 4. The zero-order chi connectivity index (χ0) is 20.4. The van der Waals surface area contributed by atoms with Crippen LogP contribution in [0.25, 0.3) is 0 Å². The molecule has 0 fully saturated rings. The van der Waals surface area contributed by atoms with Crippen LogP contribution >= 0.6 is 12.2 Å². The van der Waals surface area contributed by atoms with Gasteiger partial charge in [-0.25, -0.2) is 0 Å². The van der Waals surface area contributed by atoms with Crippen LogP contribution in [-0.4, -0.2) is 30.6 Å². The van der Waals surface area contributed by atoms with Crippen molar-refractivity contribution in [3.63, 3.8) is 0 Å². The Kier molecular flexibility index (Phi) is 8.42. The number of rotatable bonds is 8. The van der Waals surface area contributed by atoms with Gasteiger partial charge in [0.15, 0.2) is 5.11 Å². The van der Waals surface area contributed by atoms with Gasteiger partial charge in [-0.05, 0) is 54.9 Å². The molecule has 0 aliphatic carbocycles. The summed E-state index contributed by atoms with van der Waals surface area (Å²) < 4.78 is 5.62. The monoisotopic (exact) mass is 399 g/mol. The van der Waals surface area contributed by atoms with E-state index >= 15 is 0 Å². The largest absolute Gasteiger partial charge is 0.493 e. The average molecular weight is 400 g/mol. The molecule has 2 rings (SSSR count). The molecule has 0 bridgehead atoms. The zero-order valence-electron chi connectivity index (χ0n) is 16.1. The third-order valence-corrected chi connectivity index (χ3v) is 4.16. The van der Waals surface area contributed by atoms with E-state index in [0.717, 1.165) is 17.7 Å². The minimum atomic E-state index is -0.327. The Morgan fingerprint density at radius 2 is 1.79 bits per heavy atom. The number of thiocarbonyl (C=S) groups is 1. The van der Waals surface area contributed by atoms with E-state index in [9.17, 15) is 9.59 Å². The van der Waals surface area contributed by atoms with Gasteiger partial charge in [0.05, 0.1) is 12.2 Å². The SMILES string of the molecule is CCCOc1ccccc1C(=O)NC(=S)Nc1ccc(CCC(=O)NC)cc1. The summed E-state index contributed by atoms with van der Waals surface area (Å²) in [6.07, 6.45) is 1.96. The number of para-hydroxylation sites is 1. The van der Waals surface area contributed by atoms with Crippen LogP contribution in [0.2, 0.25) is 0 Å². The van der Waals surface area contributed by atoms with Crippen LogP contribution in [-0.2, 0) is 11.2 Å². The number of carbonyl (C=O) groups excluding carboxylic acids is 2.